The van der Waals surface area contributed by atoms with Crippen LogP contribution < -0.4 is 5.56 Å². The third-order valence-corrected chi connectivity index (χ3v) is 7.70. The second kappa shape index (κ2) is 9.61. The van der Waals surface area contributed by atoms with Gasteiger partial charge in [0.1, 0.15) is 0 Å². The zero-order valence-electron chi connectivity index (χ0n) is 21.9. The molecule has 0 bridgehead atoms. The van der Waals surface area contributed by atoms with Crippen molar-refractivity contribution in [1.29, 1.82) is 0 Å². The molecule has 7 heteroatoms. The Morgan fingerprint density at radius 3 is 2.53 bits per heavy atom. The Balaban J connectivity index is 1.81. The number of nitrogens with zero attached hydrogens (tertiary/aromatic N) is 5. The Morgan fingerprint density at radius 1 is 1.18 bits per heavy atom. The van der Waals surface area contributed by atoms with Crippen LogP contribution in [0, 0.1) is 19.8 Å². The molecule has 7 nitrogen and oxygen atoms in total. The van der Waals surface area contributed by atoms with Crippen molar-refractivity contribution in [2.24, 2.45) is 5.92 Å². The molecule has 0 radical (unpaired) electrons. The Bertz CT molecular complexity index is 1200. The van der Waals surface area contributed by atoms with E-state index in [0.29, 0.717) is 18.5 Å². The molecule has 1 N–H and O–H groups in total. The first kappa shape index (κ1) is 24.6. The minimum absolute atomic E-state index is 0.00145. The molecular weight excluding hydrogens is 424 g/mol. The van der Waals surface area contributed by atoms with Crippen LogP contribution in [0.4, 0.5) is 0 Å². The van der Waals surface area contributed by atoms with Gasteiger partial charge in [0.2, 0.25) is 0 Å². The summed E-state index contributed by atoms with van der Waals surface area (Å²) in [5, 5.41) is 14.2. The SMILES string of the molecule is CCC(C)(C)n1nnnc1[C@@H](C(C)C)N(Cc1cc2cc(C)cc(C)c2[nH]c1=O)C1CCCC1. The standard InChI is InChI=1S/C27H40N6O/c1-8-27(6,7)33-25(29-30-31-33)24(17(2)3)32(22-11-9-10-12-22)16-21-15-20-14-18(4)13-19(5)23(20)28-26(21)34/h13-15,17,22,24H,8-12,16H2,1-7H3,(H,28,34)/t24-/m1/s1. The Morgan fingerprint density at radius 2 is 1.88 bits per heavy atom. The predicted octanol–water partition coefficient (Wildman–Crippen LogP) is 5.42. The average Bonchev–Trinajstić information content (AvgIpc) is 3.46. The van der Waals surface area contributed by atoms with E-state index in [1.165, 1.54) is 18.4 Å². The van der Waals surface area contributed by atoms with Gasteiger partial charge in [0, 0.05) is 18.2 Å². The summed E-state index contributed by atoms with van der Waals surface area (Å²) in [4.78, 5) is 18.9. The molecule has 1 aliphatic rings. The van der Waals surface area contributed by atoms with Crippen molar-refractivity contribution in [3.63, 3.8) is 0 Å². The van der Waals surface area contributed by atoms with Crippen molar-refractivity contribution in [2.45, 2.75) is 105 Å². The van der Waals surface area contributed by atoms with Crippen LogP contribution >= 0.6 is 0 Å². The van der Waals surface area contributed by atoms with E-state index in [0.717, 1.165) is 47.1 Å². The molecule has 4 rings (SSSR count). The van der Waals surface area contributed by atoms with Crippen molar-refractivity contribution in [2.75, 3.05) is 0 Å². The van der Waals surface area contributed by atoms with E-state index in [2.05, 4.69) is 92.1 Å². The van der Waals surface area contributed by atoms with Crippen LogP contribution in [0.1, 0.15) is 95.3 Å². The molecule has 34 heavy (non-hydrogen) atoms. The predicted molar refractivity (Wildman–Crippen MR) is 137 cm³/mol. The number of hydrogen-bond acceptors (Lipinski definition) is 5. The van der Waals surface area contributed by atoms with Gasteiger partial charge in [0.05, 0.1) is 17.1 Å². The summed E-state index contributed by atoms with van der Waals surface area (Å²) in [6.07, 6.45) is 5.67. The number of benzene rings is 1. The van der Waals surface area contributed by atoms with Crippen LogP contribution in [0.5, 0.6) is 0 Å². The molecule has 3 aromatic rings. The molecule has 1 aromatic carbocycles. The maximum Gasteiger partial charge on any atom is 0.252 e. The molecule has 0 amide bonds. The van der Waals surface area contributed by atoms with Crippen molar-refractivity contribution in [1.82, 2.24) is 30.1 Å². The van der Waals surface area contributed by atoms with Gasteiger partial charge in [-0.15, -0.1) is 5.10 Å². The van der Waals surface area contributed by atoms with Crippen molar-refractivity contribution in [3.8, 4) is 0 Å². The largest absolute Gasteiger partial charge is 0.321 e. The number of aromatic nitrogens is 5. The lowest BCUT2D eigenvalue weighted by molar-refractivity contribution is 0.0791. The number of rotatable bonds is 8. The van der Waals surface area contributed by atoms with Crippen molar-refractivity contribution < 1.29 is 0 Å². The number of fused-ring (bicyclic) bond motifs is 1. The van der Waals surface area contributed by atoms with Crippen LogP contribution in [0.25, 0.3) is 10.9 Å². The molecule has 1 atom stereocenters. The molecule has 1 fully saturated rings. The summed E-state index contributed by atoms with van der Waals surface area (Å²) in [5.41, 5.74) is 3.87. The zero-order valence-corrected chi connectivity index (χ0v) is 21.9. The Hall–Kier alpha value is -2.54. The number of aromatic amines is 1. The summed E-state index contributed by atoms with van der Waals surface area (Å²) in [6.45, 7) is 15.8. The summed E-state index contributed by atoms with van der Waals surface area (Å²) in [7, 11) is 0. The number of hydrogen-bond donors (Lipinski definition) is 1. The third kappa shape index (κ3) is 4.67. The second-order valence-corrected chi connectivity index (χ2v) is 11.1. The minimum atomic E-state index is -0.178. The molecule has 0 spiro atoms. The molecule has 2 heterocycles. The highest BCUT2D eigenvalue weighted by atomic mass is 16.1. The lowest BCUT2D eigenvalue weighted by atomic mass is 9.95. The first-order valence-electron chi connectivity index (χ1n) is 12.8. The fourth-order valence-corrected chi connectivity index (χ4v) is 5.53. The number of aryl methyl sites for hydroxylation is 2. The van der Waals surface area contributed by atoms with E-state index in [1.54, 1.807) is 0 Å². The molecule has 184 valence electrons. The first-order valence-corrected chi connectivity index (χ1v) is 12.8. The molecule has 0 aliphatic heterocycles. The Kier molecular flexibility index (Phi) is 6.94. The number of pyridine rings is 1. The van der Waals surface area contributed by atoms with Gasteiger partial charge >= 0.3 is 0 Å². The fourth-order valence-electron chi connectivity index (χ4n) is 5.53. The lowest BCUT2D eigenvalue weighted by Gasteiger charge is -2.39. The van der Waals surface area contributed by atoms with Crippen molar-refractivity contribution >= 4 is 10.9 Å². The summed E-state index contributed by atoms with van der Waals surface area (Å²) < 4.78 is 2.01. The van der Waals surface area contributed by atoms with Crippen LogP contribution in [-0.2, 0) is 12.1 Å². The summed E-state index contributed by atoms with van der Waals surface area (Å²) in [5.74, 6) is 1.19. The maximum atomic E-state index is 13.2. The van der Waals surface area contributed by atoms with Crippen LogP contribution in [-0.4, -0.2) is 36.1 Å². The minimum Gasteiger partial charge on any atom is -0.321 e. The smallest absolute Gasteiger partial charge is 0.252 e. The van der Waals surface area contributed by atoms with Gasteiger partial charge in [-0.1, -0.05) is 45.2 Å². The van der Waals surface area contributed by atoms with E-state index in [1.807, 2.05) is 4.68 Å². The monoisotopic (exact) mass is 464 g/mol. The maximum absolute atomic E-state index is 13.2. The second-order valence-electron chi connectivity index (χ2n) is 11.1. The van der Waals surface area contributed by atoms with Gasteiger partial charge in [-0.05, 0) is 86.4 Å². The van der Waals surface area contributed by atoms with E-state index in [4.69, 9.17) is 0 Å². The van der Waals surface area contributed by atoms with E-state index < -0.39 is 0 Å². The van der Waals surface area contributed by atoms with Gasteiger partial charge < -0.3 is 4.98 Å². The van der Waals surface area contributed by atoms with Gasteiger partial charge in [-0.3, -0.25) is 9.69 Å². The quantitative estimate of drug-likeness (QED) is 0.482. The first-order chi connectivity index (χ1) is 16.1. The summed E-state index contributed by atoms with van der Waals surface area (Å²) >= 11 is 0. The van der Waals surface area contributed by atoms with E-state index in [-0.39, 0.29) is 17.1 Å². The highest BCUT2D eigenvalue weighted by Crippen LogP contribution is 2.37. The topological polar surface area (TPSA) is 79.7 Å². The average molecular weight is 465 g/mol. The zero-order chi connectivity index (χ0) is 24.6. The van der Waals surface area contributed by atoms with Crippen LogP contribution in [0.3, 0.4) is 0 Å². The molecule has 2 aromatic heterocycles. The lowest BCUT2D eigenvalue weighted by Crippen LogP contribution is -2.42. The van der Waals surface area contributed by atoms with Crippen LogP contribution in [0.15, 0.2) is 23.0 Å². The number of H-pyrrole nitrogens is 1. The highest BCUT2D eigenvalue weighted by Gasteiger charge is 2.37. The number of nitrogens with one attached hydrogen (secondary N) is 1. The molecule has 0 saturated heterocycles. The van der Waals surface area contributed by atoms with E-state index in [9.17, 15) is 4.79 Å². The van der Waals surface area contributed by atoms with Crippen molar-refractivity contribution in [3.05, 3.63) is 51.1 Å². The van der Waals surface area contributed by atoms with Gasteiger partial charge in [-0.2, -0.15) is 0 Å². The molecule has 1 saturated carbocycles. The number of tetrazole rings is 1. The van der Waals surface area contributed by atoms with E-state index >= 15 is 0 Å². The van der Waals surface area contributed by atoms with Gasteiger partial charge in [0.15, 0.2) is 5.82 Å². The highest BCUT2D eigenvalue weighted by molar-refractivity contribution is 5.82. The Labute approximate surface area is 202 Å². The third-order valence-electron chi connectivity index (χ3n) is 7.70. The fraction of sp³-hybridized carbons (Fsp3) is 0.630. The molecular formula is C27H40N6O. The molecule has 1 aliphatic carbocycles. The summed E-state index contributed by atoms with van der Waals surface area (Å²) in [6, 6.07) is 6.81. The van der Waals surface area contributed by atoms with Crippen LogP contribution in [0.2, 0.25) is 0 Å². The normalized spacial score (nSPS) is 16.3. The molecule has 0 unspecified atom stereocenters. The van der Waals surface area contributed by atoms with Gasteiger partial charge in [0.25, 0.3) is 5.56 Å². The van der Waals surface area contributed by atoms with Gasteiger partial charge in [-0.25, -0.2) is 4.68 Å².